The van der Waals surface area contributed by atoms with Crippen LogP contribution in [0.4, 0.5) is 16.2 Å². The van der Waals surface area contributed by atoms with Crippen molar-refractivity contribution in [3.05, 3.63) is 59.2 Å². The Morgan fingerprint density at radius 3 is 2.30 bits per heavy atom. The van der Waals surface area contributed by atoms with Gasteiger partial charge in [-0.1, -0.05) is 23.8 Å². The molecule has 2 aromatic carbocycles. The van der Waals surface area contributed by atoms with Crippen molar-refractivity contribution in [3.8, 4) is 0 Å². The Morgan fingerprint density at radius 1 is 0.889 bits per heavy atom. The van der Waals surface area contributed by atoms with Gasteiger partial charge in [0, 0.05) is 36.3 Å². The maximum absolute atomic E-state index is 12.4. The summed E-state index contributed by atoms with van der Waals surface area (Å²) in [7, 11) is 0. The van der Waals surface area contributed by atoms with Crippen LogP contribution in [0.2, 0.25) is 0 Å². The Hall–Kier alpha value is -3.15. The van der Waals surface area contributed by atoms with Gasteiger partial charge in [0.05, 0.1) is 0 Å². The summed E-state index contributed by atoms with van der Waals surface area (Å²) in [5.41, 5.74) is 3.73. The first kappa shape index (κ1) is 20.2. The molecule has 0 aliphatic carbocycles. The van der Waals surface area contributed by atoms with E-state index in [2.05, 4.69) is 16.0 Å². The molecule has 27 heavy (non-hydrogen) atoms. The third kappa shape index (κ3) is 6.26. The number of benzene rings is 2. The zero-order valence-corrected chi connectivity index (χ0v) is 15.9. The molecule has 2 aromatic rings. The number of carbonyl (C=O) groups is 3. The lowest BCUT2D eigenvalue weighted by Crippen LogP contribution is -2.28. The van der Waals surface area contributed by atoms with Crippen LogP contribution in [0.5, 0.6) is 0 Å². The average Bonchev–Trinajstić information content (AvgIpc) is 2.62. The number of urea groups is 1. The molecule has 0 unspecified atom stereocenters. The van der Waals surface area contributed by atoms with Crippen molar-refractivity contribution in [2.75, 3.05) is 17.2 Å². The molecule has 0 atom stereocenters. The highest BCUT2D eigenvalue weighted by Gasteiger charge is 2.12. The summed E-state index contributed by atoms with van der Waals surface area (Å²) < 4.78 is 0. The van der Waals surface area contributed by atoms with Crippen molar-refractivity contribution in [1.82, 2.24) is 5.32 Å². The molecule has 0 spiro atoms. The minimum Gasteiger partial charge on any atom is -0.338 e. The van der Waals surface area contributed by atoms with Gasteiger partial charge in [-0.2, -0.15) is 0 Å². The predicted molar refractivity (Wildman–Crippen MR) is 107 cm³/mol. The van der Waals surface area contributed by atoms with E-state index in [1.165, 1.54) is 0 Å². The zero-order valence-electron chi connectivity index (χ0n) is 15.9. The van der Waals surface area contributed by atoms with Gasteiger partial charge >= 0.3 is 6.03 Å². The number of anilines is 2. The van der Waals surface area contributed by atoms with Gasteiger partial charge in [-0.3, -0.25) is 9.59 Å². The van der Waals surface area contributed by atoms with E-state index < -0.39 is 0 Å². The van der Waals surface area contributed by atoms with Crippen LogP contribution in [0.15, 0.2) is 42.5 Å². The van der Waals surface area contributed by atoms with E-state index in [1.54, 1.807) is 24.3 Å². The molecule has 0 fully saturated rings. The average molecular weight is 367 g/mol. The summed E-state index contributed by atoms with van der Waals surface area (Å²) in [5, 5.41) is 8.08. The summed E-state index contributed by atoms with van der Waals surface area (Å²) in [5.74, 6) is -0.290. The normalized spacial score (nSPS) is 10.2. The monoisotopic (exact) mass is 367 g/mol. The molecule has 0 saturated heterocycles. The van der Waals surface area contributed by atoms with Crippen LogP contribution in [0.3, 0.4) is 0 Å². The number of amides is 3. The molecule has 0 aliphatic rings. The lowest BCUT2D eigenvalue weighted by atomic mass is 9.99. The lowest BCUT2D eigenvalue weighted by Gasteiger charge is -2.09. The molecule has 142 valence electrons. The number of ketones is 1. The second kappa shape index (κ2) is 9.52. The SMILES string of the molecule is CCNC(=O)Nc1cccc(NC(=O)CCC(=O)c2cc(C)ccc2C)c1. The molecule has 3 N–H and O–H groups in total. The molecule has 0 aromatic heterocycles. The zero-order chi connectivity index (χ0) is 19.8. The van der Waals surface area contributed by atoms with E-state index in [-0.39, 0.29) is 30.6 Å². The second-order valence-corrected chi connectivity index (χ2v) is 6.35. The Kier molecular flexibility index (Phi) is 7.11. The Bertz CT molecular complexity index is 846. The highest BCUT2D eigenvalue weighted by Crippen LogP contribution is 2.17. The molecular weight excluding hydrogens is 342 g/mol. The van der Waals surface area contributed by atoms with Gasteiger partial charge in [0.1, 0.15) is 0 Å². The first-order chi connectivity index (χ1) is 12.9. The van der Waals surface area contributed by atoms with Crippen LogP contribution in [0.1, 0.15) is 41.3 Å². The number of hydrogen-bond donors (Lipinski definition) is 3. The third-order valence-electron chi connectivity index (χ3n) is 4.01. The van der Waals surface area contributed by atoms with Gasteiger partial charge in [0.2, 0.25) is 5.91 Å². The van der Waals surface area contributed by atoms with Gasteiger partial charge in [-0.15, -0.1) is 0 Å². The van der Waals surface area contributed by atoms with Crippen LogP contribution < -0.4 is 16.0 Å². The minimum absolute atomic E-state index is 0.0435. The molecule has 0 heterocycles. The van der Waals surface area contributed by atoms with E-state index in [9.17, 15) is 14.4 Å². The van der Waals surface area contributed by atoms with Crippen LogP contribution >= 0.6 is 0 Å². The first-order valence-electron chi connectivity index (χ1n) is 8.94. The summed E-state index contributed by atoms with van der Waals surface area (Å²) in [6.07, 6.45) is 0.243. The minimum atomic E-state index is -0.305. The van der Waals surface area contributed by atoms with E-state index >= 15 is 0 Å². The molecule has 0 saturated carbocycles. The quantitative estimate of drug-likeness (QED) is 0.645. The third-order valence-corrected chi connectivity index (χ3v) is 4.01. The molecule has 0 bridgehead atoms. The van der Waals surface area contributed by atoms with Crippen molar-refractivity contribution in [2.45, 2.75) is 33.6 Å². The van der Waals surface area contributed by atoms with E-state index in [4.69, 9.17) is 0 Å². The van der Waals surface area contributed by atoms with E-state index in [0.717, 1.165) is 11.1 Å². The molecule has 0 radical (unpaired) electrons. The van der Waals surface area contributed by atoms with E-state index in [1.807, 2.05) is 39.0 Å². The van der Waals surface area contributed by atoms with Crippen LogP contribution in [0, 0.1) is 13.8 Å². The number of carbonyl (C=O) groups excluding carboxylic acids is 3. The maximum atomic E-state index is 12.4. The highest BCUT2D eigenvalue weighted by atomic mass is 16.2. The summed E-state index contributed by atoms with van der Waals surface area (Å²) in [6, 6.07) is 12.3. The molecule has 3 amide bonds. The van der Waals surface area contributed by atoms with E-state index in [0.29, 0.717) is 23.5 Å². The summed E-state index contributed by atoms with van der Waals surface area (Å²) >= 11 is 0. The van der Waals surface area contributed by atoms with Gasteiger partial charge in [0.25, 0.3) is 0 Å². The van der Waals surface area contributed by atoms with Crippen LogP contribution in [-0.2, 0) is 4.79 Å². The first-order valence-corrected chi connectivity index (χ1v) is 8.94. The maximum Gasteiger partial charge on any atom is 0.319 e. The summed E-state index contributed by atoms with van der Waals surface area (Å²) in [4.78, 5) is 36.1. The number of Topliss-reactive ketones (excluding diaryl/α,β-unsaturated/α-hetero) is 1. The van der Waals surface area contributed by atoms with Gasteiger partial charge in [-0.25, -0.2) is 4.79 Å². The Morgan fingerprint density at radius 2 is 1.59 bits per heavy atom. The van der Waals surface area contributed by atoms with Crippen molar-refractivity contribution >= 4 is 29.1 Å². The number of aryl methyl sites for hydroxylation is 2. The number of nitrogens with one attached hydrogen (secondary N) is 3. The fourth-order valence-corrected chi connectivity index (χ4v) is 2.63. The Balaban J connectivity index is 1.91. The summed E-state index contributed by atoms with van der Waals surface area (Å²) in [6.45, 7) is 6.18. The fraction of sp³-hybridized carbons (Fsp3) is 0.286. The lowest BCUT2D eigenvalue weighted by molar-refractivity contribution is -0.116. The van der Waals surface area contributed by atoms with Crippen molar-refractivity contribution in [2.24, 2.45) is 0 Å². The molecular formula is C21H25N3O3. The molecule has 2 rings (SSSR count). The smallest absolute Gasteiger partial charge is 0.319 e. The highest BCUT2D eigenvalue weighted by molar-refractivity contribution is 6.01. The topological polar surface area (TPSA) is 87.3 Å². The van der Waals surface area contributed by atoms with Crippen molar-refractivity contribution in [3.63, 3.8) is 0 Å². The second-order valence-electron chi connectivity index (χ2n) is 6.35. The van der Waals surface area contributed by atoms with Gasteiger partial charge < -0.3 is 16.0 Å². The Labute approximate surface area is 159 Å². The molecule has 6 nitrogen and oxygen atoms in total. The standard InChI is InChI=1S/C21H25N3O3/c1-4-22-21(27)24-17-7-5-6-16(13-17)23-20(26)11-10-19(25)18-12-14(2)8-9-15(18)3/h5-9,12-13H,4,10-11H2,1-3H3,(H,23,26)(H2,22,24,27). The van der Waals surface area contributed by atoms with Crippen molar-refractivity contribution < 1.29 is 14.4 Å². The van der Waals surface area contributed by atoms with Crippen LogP contribution in [-0.4, -0.2) is 24.3 Å². The van der Waals surface area contributed by atoms with Crippen molar-refractivity contribution in [1.29, 1.82) is 0 Å². The number of hydrogen-bond acceptors (Lipinski definition) is 3. The number of rotatable bonds is 7. The predicted octanol–water partition coefficient (Wildman–Crippen LogP) is 4.05. The fourth-order valence-electron chi connectivity index (χ4n) is 2.63. The largest absolute Gasteiger partial charge is 0.338 e. The van der Waals surface area contributed by atoms with Gasteiger partial charge in [-0.05, 0) is 50.6 Å². The molecule has 0 aliphatic heterocycles. The van der Waals surface area contributed by atoms with Gasteiger partial charge in [0.15, 0.2) is 5.78 Å². The molecule has 6 heteroatoms. The van der Waals surface area contributed by atoms with Crippen LogP contribution in [0.25, 0.3) is 0 Å².